The third kappa shape index (κ3) is 3.03. The van der Waals surface area contributed by atoms with Crippen LogP contribution in [0.1, 0.15) is 48.3 Å². The second-order valence-electron chi connectivity index (χ2n) is 7.14. The topological polar surface area (TPSA) is 55.2 Å². The zero-order valence-corrected chi connectivity index (χ0v) is 15.6. The number of hydrogen-bond donors (Lipinski definition) is 0. The van der Waals surface area contributed by atoms with E-state index in [9.17, 15) is 9.59 Å². The molecule has 1 aliphatic rings. The number of carbonyl (C=O) groups is 2. The smallest absolute Gasteiger partial charge is 0.245 e. The van der Waals surface area contributed by atoms with Gasteiger partial charge in [-0.1, -0.05) is 31.2 Å². The number of ketones is 1. The minimum atomic E-state index is -0.298. The molecule has 0 radical (unpaired) electrons. The summed E-state index contributed by atoms with van der Waals surface area (Å²) in [5, 5.41) is 0.909. The van der Waals surface area contributed by atoms with Crippen molar-refractivity contribution in [2.24, 2.45) is 0 Å². The van der Waals surface area contributed by atoms with Gasteiger partial charge in [0.15, 0.2) is 5.78 Å². The van der Waals surface area contributed by atoms with E-state index in [2.05, 4.69) is 4.98 Å². The highest BCUT2D eigenvalue weighted by Crippen LogP contribution is 2.31. The highest BCUT2D eigenvalue weighted by molar-refractivity contribution is 6.07. The molecular formula is C22H23N3O2. The highest BCUT2D eigenvalue weighted by Gasteiger charge is 2.36. The maximum Gasteiger partial charge on any atom is 0.245 e. The lowest BCUT2D eigenvalue weighted by atomic mass is 9.94. The maximum atomic E-state index is 13.2. The summed E-state index contributed by atoms with van der Waals surface area (Å²) < 4.78 is 1.97. The fraction of sp³-hybridized carbons (Fsp3) is 0.318. The zero-order valence-electron chi connectivity index (χ0n) is 15.6. The molecule has 4 rings (SSSR count). The number of amides is 1. The number of hydrogen-bond acceptors (Lipinski definition) is 3. The van der Waals surface area contributed by atoms with Crippen LogP contribution in [0.15, 0.2) is 54.9 Å². The minimum Gasteiger partial charge on any atom is -0.339 e. The third-order valence-electron chi connectivity index (χ3n) is 5.43. The molecule has 0 saturated carbocycles. The summed E-state index contributed by atoms with van der Waals surface area (Å²) in [5.41, 5.74) is 2.65. The Bertz CT molecular complexity index is 987. The van der Waals surface area contributed by atoms with Crippen LogP contribution >= 0.6 is 0 Å². The van der Waals surface area contributed by atoms with Crippen molar-refractivity contribution in [3.63, 3.8) is 0 Å². The van der Waals surface area contributed by atoms with E-state index in [1.54, 1.807) is 13.1 Å². The van der Waals surface area contributed by atoms with E-state index in [0.29, 0.717) is 31.0 Å². The fourth-order valence-electron chi connectivity index (χ4n) is 3.91. The van der Waals surface area contributed by atoms with Gasteiger partial charge in [-0.3, -0.25) is 14.6 Å². The number of aromatic nitrogens is 2. The van der Waals surface area contributed by atoms with Crippen molar-refractivity contribution in [2.45, 2.75) is 32.2 Å². The van der Waals surface area contributed by atoms with Gasteiger partial charge in [0.25, 0.3) is 0 Å². The molecule has 5 heteroatoms. The fourth-order valence-corrected chi connectivity index (χ4v) is 3.91. The van der Waals surface area contributed by atoms with Crippen molar-refractivity contribution in [2.75, 3.05) is 13.1 Å². The molecule has 138 valence electrons. The van der Waals surface area contributed by atoms with Gasteiger partial charge < -0.3 is 9.47 Å². The monoisotopic (exact) mass is 361 g/mol. The second-order valence-corrected chi connectivity index (χ2v) is 7.14. The average molecular weight is 361 g/mol. The molecule has 3 heterocycles. The summed E-state index contributed by atoms with van der Waals surface area (Å²) in [4.78, 5) is 31.5. The van der Waals surface area contributed by atoms with Crippen LogP contribution in [0.4, 0.5) is 0 Å². The van der Waals surface area contributed by atoms with E-state index >= 15 is 0 Å². The Morgan fingerprint density at radius 1 is 1.15 bits per heavy atom. The van der Waals surface area contributed by atoms with E-state index < -0.39 is 0 Å². The summed E-state index contributed by atoms with van der Waals surface area (Å²) in [5.74, 6) is 0.439. The van der Waals surface area contributed by atoms with Gasteiger partial charge in [0.1, 0.15) is 6.04 Å². The van der Waals surface area contributed by atoms with Gasteiger partial charge >= 0.3 is 0 Å². The summed E-state index contributed by atoms with van der Waals surface area (Å²) >= 11 is 0. The first-order valence-electron chi connectivity index (χ1n) is 9.40. The number of benzene rings is 1. The first kappa shape index (κ1) is 17.5. The van der Waals surface area contributed by atoms with E-state index in [4.69, 9.17) is 0 Å². The first-order valence-corrected chi connectivity index (χ1v) is 9.40. The number of carbonyl (C=O) groups excluding carboxylic acids is 2. The van der Waals surface area contributed by atoms with Crippen LogP contribution in [0.2, 0.25) is 0 Å². The molecular weight excluding hydrogens is 338 g/mol. The largest absolute Gasteiger partial charge is 0.339 e. The lowest BCUT2D eigenvalue weighted by Gasteiger charge is -2.41. The molecule has 1 saturated heterocycles. The minimum absolute atomic E-state index is 0.0198. The molecule has 0 unspecified atom stereocenters. The summed E-state index contributed by atoms with van der Waals surface area (Å²) in [6, 6.07) is 13.4. The summed E-state index contributed by atoms with van der Waals surface area (Å²) in [6.45, 7) is 4.98. The molecule has 0 aliphatic carbocycles. The van der Waals surface area contributed by atoms with Crippen molar-refractivity contribution < 1.29 is 9.59 Å². The van der Waals surface area contributed by atoms with Crippen LogP contribution in [-0.2, 0) is 4.79 Å². The van der Waals surface area contributed by atoms with Gasteiger partial charge in [-0.25, -0.2) is 0 Å². The van der Waals surface area contributed by atoms with Gasteiger partial charge in [0.05, 0.1) is 0 Å². The van der Waals surface area contributed by atoms with Gasteiger partial charge in [-0.15, -0.1) is 0 Å². The van der Waals surface area contributed by atoms with Crippen LogP contribution in [0, 0.1) is 0 Å². The average Bonchev–Trinajstić information content (AvgIpc) is 3.02. The van der Waals surface area contributed by atoms with E-state index in [0.717, 1.165) is 16.6 Å². The summed E-state index contributed by atoms with van der Waals surface area (Å²) in [7, 11) is 0. The van der Waals surface area contributed by atoms with Gasteiger partial charge in [-0.05, 0) is 31.5 Å². The number of likely N-dealkylation sites (tertiary alicyclic amines) is 1. The zero-order chi connectivity index (χ0) is 19.0. The first-order chi connectivity index (χ1) is 13.1. The Labute approximate surface area is 158 Å². The van der Waals surface area contributed by atoms with Crippen molar-refractivity contribution in [3.05, 3.63) is 66.1 Å². The standard InChI is InChI=1S/C22H23N3O2/c1-3-20(22(27)24-12-16(13-24)19-9-6-7-11-23-19)25-14-18(15(2)26)17-8-4-5-10-21(17)25/h4-11,14,16,20H,3,12-13H2,1-2H3/t20-/m1/s1. The molecule has 1 atom stereocenters. The molecule has 1 amide bonds. The molecule has 1 fully saturated rings. The predicted octanol–water partition coefficient (Wildman–Crippen LogP) is 3.82. The van der Waals surface area contributed by atoms with E-state index in [1.165, 1.54) is 0 Å². The summed E-state index contributed by atoms with van der Waals surface area (Å²) in [6.07, 6.45) is 4.32. The highest BCUT2D eigenvalue weighted by atomic mass is 16.2. The van der Waals surface area contributed by atoms with Gasteiger partial charge in [0, 0.05) is 53.6 Å². The number of rotatable bonds is 5. The lowest BCUT2D eigenvalue weighted by molar-refractivity contribution is -0.139. The lowest BCUT2D eigenvalue weighted by Crippen LogP contribution is -2.51. The second kappa shape index (κ2) is 6.99. The third-order valence-corrected chi connectivity index (χ3v) is 5.43. The van der Waals surface area contributed by atoms with Gasteiger partial charge in [-0.2, -0.15) is 0 Å². The van der Waals surface area contributed by atoms with Crippen LogP contribution in [0.3, 0.4) is 0 Å². The van der Waals surface area contributed by atoms with Crippen molar-refractivity contribution >= 4 is 22.6 Å². The molecule has 5 nitrogen and oxygen atoms in total. The Balaban J connectivity index is 1.59. The quantitative estimate of drug-likeness (QED) is 0.649. The number of fused-ring (bicyclic) bond motifs is 1. The normalized spacial score (nSPS) is 15.6. The molecule has 0 bridgehead atoms. The Morgan fingerprint density at radius 3 is 2.56 bits per heavy atom. The Morgan fingerprint density at radius 2 is 1.89 bits per heavy atom. The molecule has 0 N–H and O–H groups in total. The Hall–Kier alpha value is -2.95. The van der Waals surface area contributed by atoms with E-state index in [1.807, 2.05) is 65.1 Å². The predicted molar refractivity (Wildman–Crippen MR) is 105 cm³/mol. The van der Waals surface area contributed by atoms with E-state index in [-0.39, 0.29) is 17.7 Å². The molecule has 0 spiro atoms. The molecule has 1 aliphatic heterocycles. The maximum absolute atomic E-state index is 13.2. The van der Waals surface area contributed by atoms with Crippen LogP contribution < -0.4 is 0 Å². The number of nitrogens with zero attached hydrogens (tertiary/aromatic N) is 3. The van der Waals surface area contributed by atoms with Crippen molar-refractivity contribution in [1.82, 2.24) is 14.5 Å². The molecule has 27 heavy (non-hydrogen) atoms. The van der Waals surface area contributed by atoms with Crippen molar-refractivity contribution in [1.29, 1.82) is 0 Å². The number of para-hydroxylation sites is 1. The van der Waals surface area contributed by atoms with Crippen LogP contribution in [-0.4, -0.2) is 39.2 Å². The van der Waals surface area contributed by atoms with Crippen LogP contribution in [0.5, 0.6) is 0 Å². The molecule has 1 aromatic carbocycles. The molecule has 3 aromatic rings. The SMILES string of the molecule is CC[C@H](C(=O)N1CC(c2ccccn2)C1)n1cc(C(C)=O)c2ccccc21. The number of pyridine rings is 1. The molecule has 2 aromatic heterocycles. The van der Waals surface area contributed by atoms with Crippen LogP contribution in [0.25, 0.3) is 10.9 Å². The van der Waals surface area contributed by atoms with Crippen molar-refractivity contribution in [3.8, 4) is 0 Å². The Kier molecular flexibility index (Phi) is 4.52. The van der Waals surface area contributed by atoms with Gasteiger partial charge in [0.2, 0.25) is 5.91 Å². The number of Topliss-reactive ketones (excluding diaryl/α,β-unsaturated/α-hetero) is 1.